The standard InChI is InChI=1S/C21H20N2O4/c1-27-15-10-8-14(9-11-15)19(13-6-7-13)22-18(24)12-23-20(25)16-4-2-3-5-17(16)21(23)26/h2-5,8-11,13,19H,6-7,12H2,1H3,(H,22,24)/t19-/m0/s1. The highest BCUT2D eigenvalue weighted by Gasteiger charge is 2.38. The predicted octanol–water partition coefficient (Wildman–Crippen LogP) is 2.56. The van der Waals surface area contributed by atoms with Crippen molar-refractivity contribution in [3.05, 3.63) is 65.2 Å². The first-order valence-corrected chi connectivity index (χ1v) is 8.97. The Hall–Kier alpha value is -3.15. The monoisotopic (exact) mass is 364 g/mol. The largest absolute Gasteiger partial charge is 0.497 e. The molecule has 1 atom stereocenters. The Balaban J connectivity index is 1.46. The van der Waals surface area contributed by atoms with E-state index in [0.717, 1.165) is 29.1 Å². The van der Waals surface area contributed by atoms with E-state index >= 15 is 0 Å². The molecule has 1 fully saturated rings. The third kappa shape index (κ3) is 3.30. The third-order valence-electron chi connectivity index (χ3n) is 5.06. The summed E-state index contributed by atoms with van der Waals surface area (Å²) in [5.41, 5.74) is 1.70. The Bertz CT molecular complexity index is 868. The van der Waals surface area contributed by atoms with E-state index in [4.69, 9.17) is 4.74 Å². The molecule has 1 aliphatic heterocycles. The van der Waals surface area contributed by atoms with Crippen LogP contribution in [-0.4, -0.2) is 36.3 Å². The number of amides is 3. The highest BCUT2D eigenvalue weighted by atomic mass is 16.5. The van der Waals surface area contributed by atoms with Gasteiger partial charge in [0.05, 0.1) is 24.3 Å². The minimum Gasteiger partial charge on any atom is -0.497 e. The molecule has 0 radical (unpaired) electrons. The Morgan fingerprint density at radius 3 is 2.19 bits per heavy atom. The van der Waals surface area contributed by atoms with E-state index in [2.05, 4.69) is 5.32 Å². The number of carbonyl (C=O) groups excluding carboxylic acids is 3. The lowest BCUT2D eigenvalue weighted by atomic mass is 10.0. The van der Waals surface area contributed by atoms with Gasteiger partial charge in [0.2, 0.25) is 5.91 Å². The number of methoxy groups -OCH3 is 1. The van der Waals surface area contributed by atoms with Crippen LogP contribution in [0.2, 0.25) is 0 Å². The van der Waals surface area contributed by atoms with Crippen molar-refractivity contribution in [2.45, 2.75) is 18.9 Å². The lowest BCUT2D eigenvalue weighted by molar-refractivity contribution is -0.122. The van der Waals surface area contributed by atoms with E-state index in [1.165, 1.54) is 0 Å². The summed E-state index contributed by atoms with van der Waals surface area (Å²) >= 11 is 0. The Labute approximate surface area is 157 Å². The Morgan fingerprint density at radius 1 is 1.07 bits per heavy atom. The van der Waals surface area contributed by atoms with Gasteiger partial charge in [0.25, 0.3) is 11.8 Å². The van der Waals surface area contributed by atoms with Crippen LogP contribution in [0.25, 0.3) is 0 Å². The maximum atomic E-state index is 12.6. The van der Waals surface area contributed by atoms with Gasteiger partial charge >= 0.3 is 0 Å². The third-order valence-corrected chi connectivity index (χ3v) is 5.06. The van der Waals surface area contributed by atoms with E-state index in [0.29, 0.717) is 17.0 Å². The molecule has 2 aliphatic rings. The molecular weight excluding hydrogens is 344 g/mol. The Morgan fingerprint density at radius 2 is 1.67 bits per heavy atom. The second-order valence-electron chi connectivity index (χ2n) is 6.90. The summed E-state index contributed by atoms with van der Waals surface area (Å²) in [5.74, 6) is -0.0382. The number of fused-ring (bicyclic) bond motifs is 1. The first-order chi connectivity index (χ1) is 13.1. The van der Waals surface area contributed by atoms with Crippen LogP contribution in [0.3, 0.4) is 0 Å². The number of rotatable bonds is 6. The van der Waals surface area contributed by atoms with Crippen LogP contribution in [0.5, 0.6) is 5.75 Å². The zero-order valence-corrected chi connectivity index (χ0v) is 15.0. The van der Waals surface area contributed by atoms with Crippen LogP contribution >= 0.6 is 0 Å². The lowest BCUT2D eigenvalue weighted by Gasteiger charge is -2.21. The summed E-state index contributed by atoms with van der Waals surface area (Å²) in [6.07, 6.45) is 2.09. The minimum absolute atomic E-state index is 0.126. The molecule has 3 amide bonds. The van der Waals surface area contributed by atoms with E-state index < -0.39 is 11.8 Å². The molecule has 6 heteroatoms. The molecule has 0 bridgehead atoms. The van der Waals surface area contributed by atoms with Crippen LogP contribution < -0.4 is 10.1 Å². The van der Waals surface area contributed by atoms with Gasteiger partial charge in [-0.2, -0.15) is 0 Å². The molecule has 138 valence electrons. The normalized spacial score (nSPS) is 16.9. The highest BCUT2D eigenvalue weighted by molar-refractivity contribution is 6.22. The molecule has 2 aromatic carbocycles. The maximum Gasteiger partial charge on any atom is 0.262 e. The Kier molecular flexibility index (Phi) is 4.39. The summed E-state index contributed by atoms with van der Waals surface area (Å²) in [5, 5.41) is 3.00. The van der Waals surface area contributed by atoms with E-state index in [9.17, 15) is 14.4 Å². The maximum absolute atomic E-state index is 12.6. The number of hydrogen-bond donors (Lipinski definition) is 1. The SMILES string of the molecule is COc1ccc([C@@H](NC(=O)CN2C(=O)c3ccccc3C2=O)C2CC2)cc1. The summed E-state index contributed by atoms with van der Waals surface area (Å²) < 4.78 is 5.18. The molecule has 1 N–H and O–H groups in total. The van der Waals surface area contributed by atoms with E-state index in [1.807, 2.05) is 24.3 Å². The number of benzene rings is 2. The van der Waals surface area contributed by atoms with Gasteiger partial charge in [-0.25, -0.2) is 0 Å². The summed E-state index contributed by atoms with van der Waals surface area (Å²) in [6, 6.07) is 14.1. The highest BCUT2D eigenvalue weighted by Crippen LogP contribution is 2.41. The quantitative estimate of drug-likeness (QED) is 0.800. The topological polar surface area (TPSA) is 75.7 Å². The lowest BCUT2D eigenvalue weighted by Crippen LogP contribution is -2.42. The van der Waals surface area contributed by atoms with Crippen molar-refractivity contribution in [3.8, 4) is 5.75 Å². The summed E-state index contributed by atoms with van der Waals surface area (Å²) in [4.78, 5) is 38.5. The van der Waals surface area contributed by atoms with Crippen LogP contribution in [0.4, 0.5) is 0 Å². The second-order valence-corrected chi connectivity index (χ2v) is 6.90. The second kappa shape index (κ2) is 6.87. The summed E-state index contributed by atoms with van der Waals surface area (Å²) in [7, 11) is 1.61. The average Bonchev–Trinajstić information content (AvgIpc) is 3.51. The number of nitrogens with one attached hydrogen (secondary N) is 1. The zero-order valence-electron chi connectivity index (χ0n) is 15.0. The molecule has 0 aromatic heterocycles. The van der Waals surface area contributed by atoms with Crippen LogP contribution in [0, 0.1) is 5.92 Å². The van der Waals surface area contributed by atoms with Gasteiger partial charge in [0.1, 0.15) is 12.3 Å². The molecule has 0 saturated heterocycles. The smallest absolute Gasteiger partial charge is 0.262 e. The van der Waals surface area contributed by atoms with Crippen molar-refractivity contribution in [2.75, 3.05) is 13.7 Å². The van der Waals surface area contributed by atoms with Gasteiger partial charge in [-0.15, -0.1) is 0 Å². The molecule has 0 spiro atoms. The fourth-order valence-electron chi connectivity index (χ4n) is 3.46. The van der Waals surface area contributed by atoms with Crippen molar-refractivity contribution >= 4 is 17.7 Å². The molecule has 27 heavy (non-hydrogen) atoms. The van der Waals surface area contributed by atoms with E-state index in [1.54, 1.807) is 31.4 Å². The average molecular weight is 364 g/mol. The fraction of sp³-hybridized carbons (Fsp3) is 0.286. The molecule has 6 nitrogen and oxygen atoms in total. The number of imide groups is 1. The van der Waals surface area contributed by atoms with Crippen LogP contribution in [0.15, 0.2) is 48.5 Å². The first-order valence-electron chi connectivity index (χ1n) is 8.97. The zero-order chi connectivity index (χ0) is 19.0. The van der Waals surface area contributed by atoms with Gasteiger partial charge in [-0.3, -0.25) is 19.3 Å². The van der Waals surface area contributed by atoms with Crippen LogP contribution in [0.1, 0.15) is 45.2 Å². The minimum atomic E-state index is -0.418. The van der Waals surface area contributed by atoms with Gasteiger partial charge < -0.3 is 10.1 Å². The van der Waals surface area contributed by atoms with Crippen molar-refractivity contribution in [1.29, 1.82) is 0 Å². The molecule has 4 rings (SSSR count). The van der Waals surface area contributed by atoms with Gasteiger partial charge in [0.15, 0.2) is 0 Å². The number of carbonyl (C=O) groups is 3. The first kappa shape index (κ1) is 17.3. The van der Waals surface area contributed by atoms with E-state index in [-0.39, 0.29) is 18.5 Å². The molecule has 2 aromatic rings. The molecule has 1 heterocycles. The van der Waals surface area contributed by atoms with Crippen molar-refractivity contribution in [1.82, 2.24) is 10.2 Å². The summed E-state index contributed by atoms with van der Waals surface area (Å²) in [6.45, 7) is -0.272. The molecule has 0 unspecified atom stereocenters. The van der Waals surface area contributed by atoms with Gasteiger partial charge in [0, 0.05) is 0 Å². The van der Waals surface area contributed by atoms with Gasteiger partial charge in [-0.1, -0.05) is 24.3 Å². The molecule has 1 aliphatic carbocycles. The number of nitrogens with zero attached hydrogens (tertiary/aromatic N) is 1. The molecular formula is C21H20N2O4. The van der Waals surface area contributed by atoms with Crippen LogP contribution in [-0.2, 0) is 4.79 Å². The van der Waals surface area contributed by atoms with Crippen molar-refractivity contribution in [3.63, 3.8) is 0 Å². The number of hydrogen-bond acceptors (Lipinski definition) is 4. The molecule has 1 saturated carbocycles. The number of ether oxygens (including phenoxy) is 1. The van der Waals surface area contributed by atoms with Crippen molar-refractivity contribution < 1.29 is 19.1 Å². The fourth-order valence-corrected chi connectivity index (χ4v) is 3.46. The van der Waals surface area contributed by atoms with Crippen molar-refractivity contribution in [2.24, 2.45) is 5.92 Å². The predicted molar refractivity (Wildman–Crippen MR) is 98.4 cm³/mol. The van der Waals surface area contributed by atoms with Gasteiger partial charge in [-0.05, 0) is 48.6 Å².